The zero-order chi connectivity index (χ0) is 12.1. The summed E-state index contributed by atoms with van der Waals surface area (Å²) in [5.41, 5.74) is 5.29. The van der Waals surface area contributed by atoms with Crippen LogP contribution in [0.2, 0.25) is 0 Å². The minimum atomic E-state index is -0.762. The van der Waals surface area contributed by atoms with E-state index in [0.29, 0.717) is 39.1 Å². The van der Waals surface area contributed by atoms with E-state index in [1.54, 1.807) is 10.9 Å². The van der Waals surface area contributed by atoms with Gasteiger partial charge in [-0.25, -0.2) is 0 Å². The summed E-state index contributed by atoms with van der Waals surface area (Å²) in [7, 11) is 0. The highest BCUT2D eigenvalue weighted by molar-refractivity contribution is 5.86. The van der Waals surface area contributed by atoms with E-state index in [-0.39, 0.29) is 5.91 Å². The number of ether oxygens (including phenoxy) is 1. The van der Waals surface area contributed by atoms with Crippen LogP contribution in [-0.2, 0) is 16.1 Å². The molecule has 1 aliphatic heterocycles. The quantitative estimate of drug-likeness (QED) is 0.741. The molecule has 0 aliphatic carbocycles. The highest BCUT2D eigenvalue weighted by Gasteiger charge is 2.35. The molecule has 1 saturated heterocycles. The van der Waals surface area contributed by atoms with Gasteiger partial charge < -0.3 is 15.8 Å². The molecule has 0 bridgehead atoms. The lowest BCUT2D eigenvalue weighted by molar-refractivity contribution is -0.129. The molecule has 1 aromatic heterocycles. The van der Waals surface area contributed by atoms with Gasteiger partial charge in [-0.05, 0) is 18.9 Å². The van der Waals surface area contributed by atoms with Crippen molar-refractivity contribution >= 4 is 5.91 Å². The fourth-order valence-electron chi connectivity index (χ4n) is 1.86. The molecule has 1 fully saturated rings. The molecule has 17 heavy (non-hydrogen) atoms. The third kappa shape index (κ3) is 3.04. The van der Waals surface area contributed by atoms with Gasteiger partial charge in [-0.3, -0.25) is 9.48 Å². The maximum atomic E-state index is 11.9. The van der Waals surface area contributed by atoms with E-state index < -0.39 is 5.54 Å². The van der Waals surface area contributed by atoms with Crippen LogP contribution in [0.4, 0.5) is 0 Å². The zero-order valence-corrected chi connectivity index (χ0v) is 9.76. The van der Waals surface area contributed by atoms with Gasteiger partial charge in [0.2, 0.25) is 5.91 Å². The molecule has 1 aromatic rings. The largest absolute Gasteiger partial charge is 0.381 e. The average Bonchev–Trinajstić information content (AvgIpc) is 2.83. The number of aromatic nitrogens is 2. The number of nitrogens with one attached hydrogen (secondary N) is 1. The van der Waals surface area contributed by atoms with Crippen molar-refractivity contribution in [2.45, 2.75) is 24.9 Å². The fraction of sp³-hybridized carbons (Fsp3) is 0.636. The molecular weight excluding hydrogens is 220 g/mol. The highest BCUT2D eigenvalue weighted by Crippen LogP contribution is 2.17. The van der Waals surface area contributed by atoms with Crippen molar-refractivity contribution in [2.24, 2.45) is 5.73 Å². The van der Waals surface area contributed by atoms with Crippen molar-refractivity contribution in [1.82, 2.24) is 15.1 Å². The van der Waals surface area contributed by atoms with Gasteiger partial charge in [0, 0.05) is 32.2 Å². The molecule has 0 atom stereocenters. The van der Waals surface area contributed by atoms with E-state index in [4.69, 9.17) is 10.5 Å². The molecule has 1 amide bonds. The van der Waals surface area contributed by atoms with Gasteiger partial charge in [0.25, 0.3) is 0 Å². The van der Waals surface area contributed by atoms with Crippen molar-refractivity contribution in [2.75, 3.05) is 19.8 Å². The van der Waals surface area contributed by atoms with Crippen LogP contribution in [0.15, 0.2) is 18.5 Å². The number of carbonyl (C=O) groups is 1. The Kier molecular flexibility index (Phi) is 3.75. The monoisotopic (exact) mass is 238 g/mol. The van der Waals surface area contributed by atoms with Crippen LogP contribution in [0.5, 0.6) is 0 Å². The van der Waals surface area contributed by atoms with E-state index in [9.17, 15) is 4.79 Å². The van der Waals surface area contributed by atoms with Crippen LogP contribution in [0.1, 0.15) is 12.8 Å². The van der Waals surface area contributed by atoms with Gasteiger partial charge in [0.05, 0.1) is 12.1 Å². The maximum Gasteiger partial charge on any atom is 0.240 e. The maximum absolute atomic E-state index is 11.9. The summed E-state index contributed by atoms with van der Waals surface area (Å²) in [6.07, 6.45) is 4.74. The number of nitrogens with two attached hydrogens (primary N) is 1. The summed E-state index contributed by atoms with van der Waals surface area (Å²) >= 11 is 0. The molecule has 0 radical (unpaired) electrons. The number of hydrogen-bond acceptors (Lipinski definition) is 4. The first-order valence-corrected chi connectivity index (χ1v) is 5.83. The lowest BCUT2D eigenvalue weighted by atomic mass is 9.90. The highest BCUT2D eigenvalue weighted by atomic mass is 16.5. The van der Waals surface area contributed by atoms with Crippen LogP contribution in [0.3, 0.4) is 0 Å². The second kappa shape index (κ2) is 5.29. The molecule has 1 aliphatic rings. The number of amides is 1. The van der Waals surface area contributed by atoms with Crippen molar-refractivity contribution in [3.05, 3.63) is 18.5 Å². The average molecular weight is 238 g/mol. The smallest absolute Gasteiger partial charge is 0.240 e. The lowest BCUT2D eigenvalue weighted by Crippen LogP contribution is -2.57. The number of nitrogens with zero attached hydrogens (tertiary/aromatic N) is 2. The normalized spacial score (nSPS) is 18.9. The zero-order valence-electron chi connectivity index (χ0n) is 9.76. The van der Waals surface area contributed by atoms with Gasteiger partial charge in [-0.2, -0.15) is 5.10 Å². The Morgan fingerprint density at radius 2 is 2.29 bits per heavy atom. The van der Waals surface area contributed by atoms with Gasteiger partial charge in [0.1, 0.15) is 0 Å². The molecule has 6 heteroatoms. The van der Waals surface area contributed by atoms with E-state index >= 15 is 0 Å². The van der Waals surface area contributed by atoms with E-state index in [1.165, 1.54) is 0 Å². The Hall–Kier alpha value is -1.40. The minimum Gasteiger partial charge on any atom is -0.381 e. The molecule has 94 valence electrons. The van der Waals surface area contributed by atoms with Crippen molar-refractivity contribution < 1.29 is 9.53 Å². The third-order valence-corrected chi connectivity index (χ3v) is 3.02. The van der Waals surface area contributed by atoms with Gasteiger partial charge in [0.15, 0.2) is 0 Å². The summed E-state index contributed by atoms with van der Waals surface area (Å²) in [4.78, 5) is 11.9. The number of hydrogen-bond donors (Lipinski definition) is 2. The third-order valence-electron chi connectivity index (χ3n) is 3.02. The van der Waals surface area contributed by atoms with Gasteiger partial charge in [-0.1, -0.05) is 0 Å². The molecular formula is C11H18N4O2. The first-order chi connectivity index (χ1) is 8.21. The van der Waals surface area contributed by atoms with Crippen molar-refractivity contribution in [3.63, 3.8) is 0 Å². The molecule has 2 heterocycles. The molecule has 0 spiro atoms. The summed E-state index contributed by atoms with van der Waals surface area (Å²) in [5.74, 6) is -0.0899. The SMILES string of the molecule is NC1(C(=O)NCCn2cccn2)CCOCC1. The van der Waals surface area contributed by atoms with E-state index in [0.717, 1.165) is 0 Å². The van der Waals surface area contributed by atoms with Crippen LogP contribution in [0.25, 0.3) is 0 Å². The second-order valence-corrected chi connectivity index (χ2v) is 4.29. The Labute approximate surface area is 100 Å². The Bertz CT molecular complexity index is 358. The Morgan fingerprint density at radius 1 is 1.53 bits per heavy atom. The molecule has 2 rings (SSSR count). The summed E-state index contributed by atoms with van der Waals surface area (Å²) in [6.45, 7) is 2.32. The summed E-state index contributed by atoms with van der Waals surface area (Å²) in [6, 6.07) is 1.85. The lowest BCUT2D eigenvalue weighted by Gasteiger charge is -2.31. The van der Waals surface area contributed by atoms with Crippen LogP contribution < -0.4 is 11.1 Å². The first-order valence-electron chi connectivity index (χ1n) is 5.83. The summed E-state index contributed by atoms with van der Waals surface area (Å²) < 4.78 is 6.98. The van der Waals surface area contributed by atoms with Crippen molar-refractivity contribution in [3.8, 4) is 0 Å². The molecule has 3 N–H and O–H groups in total. The first kappa shape index (κ1) is 12.1. The second-order valence-electron chi connectivity index (χ2n) is 4.29. The van der Waals surface area contributed by atoms with E-state index in [1.807, 2.05) is 12.3 Å². The Morgan fingerprint density at radius 3 is 2.94 bits per heavy atom. The summed E-state index contributed by atoms with van der Waals surface area (Å²) in [5, 5.41) is 6.91. The Balaban J connectivity index is 1.76. The molecule has 0 unspecified atom stereocenters. The minimum absolute atomic E-state index is 0.0899. The standard InChI is InChI=1S/C11H18N4O2/c12-11(2-8-17-9-3-11)10(16)13-5-7-15-6-1-4-14-15/h1,4,6H,2-3,5,7-9,12H2,(H,13,16). The number of carbonyl (C=O) groups excluding carboxylic acids is 1. The van der Waals surface area contributed by atoms with Crippen LogP contribution >= 0.6 is 0 Å². The van der Waals surface area contributed by atoms with Crippen LogP contribution in [-0.4, -0.2) is 41.0 Å². The van der Waals surface area contributed by atoms with Crippen molar-refractivity contribution in [1.29, 1.82) is 0 Å². The molecule has 0 aromatic carbocycles. The topological polar surface area (TPSA) is 82.2 Å². The fourth-order valence-corrected chi connectivity index (χ4v) is 1.86. The predicted molar refractivity (Wildman–Crippen MR) is 62.2 cm³/mol. The molecule has 0 saturated carbocycles. The van der Waals surface area contributed by atoms with Gasteiger partial charge in [-0.15, -0.1) is 0 Å². The van der Waals surface area contributed by atoms with Crippen LogP contribution in [0, 0.1) is 0 Å². The molecule has 6 nitrogen and oxygen atoms in total. The van der Waals surface area contributed by atoms with E-state index in [2.05, 4.69) is 10.4 Å². The number of rotatable bonds is 4. The van der Waals surface area contributed by atoms with Gasteiger partial charge >= 0.3 is 0 Å². The predicted octanol–water partition coefficient (Wildman–Crippen LogP) is -0.493.